The molecule has 0 aliphatic carbocycles. The van der Waals surface area contributed by atoms with Gasteiger partial charge in [-0.3, -0.25) is 4.79 Å². The number of alkyl halides is 3. The Hall–Kier alpha value is -4.05. The summed E-state index contributed by atoms with van der Waals surface area (Å²) in [6.07, 6.45) is -0.760. The number of aryl methyl sites for hydroxylation is 1. The SMILES string of the molecule is COCCOc1ccc(C(F)(F)F)cc1NC(=O)c1cccc(OCc2cn3cc(C)ccc3n2)c1. The maximum atomic E-state index is 13.2. The van der Waals surface area contributed by atoms with Gasteiger partial charge >= 0.3 is 6.18 Å². The number of fused-ring (bicyclic) bond motifs is 1. The van der Waals surface area contributed by atoms with Gasteiger partial charge in [0.25, 0.3) is 5.91 Å². The number of hydrogen-bond donors (Lipinski definition) is 1. The average Bonchev–Trinajstić information content (AvgIpc) is 3.25. The molecule has 1 amide bonds. The maximum absolute atomic E-state index is 13.2. The van der Waals surface area contributed by atoms with E-state index >= 15 is 0 Å². The fraction of sp³-hybridized carbons (Fsp3) is 0.231. The fourth-order valence-electron chi connectivity index (χ4n) is 3.47. The lowest BCUT2D eigenvalue weighted by atomic mass is 10.1. The van der Waals surface area contributed by atoms with Crippen LogP contribution in [0.1, 0.15) is 27.2 Å². The maximum Gasteiger partial charge on any atom is 0.416 e. The lowest BCUT2D eigenvalue weighted by Gasteiger charge is -2.15. The van der Waals surface area contributed by atoms with Crippen molar-refractivity contribution >= 4 is 17.2 Å². The molecular weight excluding hydrogens is 475 g/mol. The van der Waals surface area contributed by atoms with Crippen LogP contribution >= 0.6 is 0 Å². The predicted molar refractivity (Wildman–Crippen MR) is 127 cm³/mol. The van der Waals surface area contributed by atoms with Gasteiger partial charge in [-0.25, -0.2) is 4.98 Å². The fourth-order valence-corrected chi connectivity index (χ4v) is 3.47. The van der Waals surface area contributed by atoms with Crippen LogP contribution in [0.3, 0.4) is 0 Å². The molecule has 2 aromatic carbocycles. The number of anilines is 1. The van der Waals surface area contributed by atoms with Crippen LogP contribution in [-0.2, 0) is 17.5 Å². The van der Waals surface area contributed by atoms with Crippen LogP contribution in [0.5, 0.6) is 11.5 Å². The molecule has 0 atom stereocenters. The van der Waals surface area contributed by atoms with E-state index in [-0.39, 0.29) is 36.8 Å². The summed E-state index contributed by atoms with van der Waals surface area (Å²) in [5, 5.41) is 2.51. The Bertz CT molecular complexity index is 1370. The molecule has 10 heteroatoms. The molecule has 0 radical (unpaired) electrons. The van der Waals surface area contributed by atoms with E-state index < -0.39 is 17.6 Å². The van der Waals surface area contributed by atoms with Gasteiger partial charge in [-0.15, -0.1) is 0 Å². The second kappa shape index (κ2) is 10.7. The van der Waals surface area contributed by atoms with E-state index in [0.717, 1.165) is 23.3 Å². The summed E-state index contributed by atoms with van der Waals surface area (Å²) in [7, 11) is 1.48. The predicted octanol–water partition coefficient (Wildman–Crippen LogP) is 5.52. The Balaban J connectivity index is 1.48. The minimum atomic E-state index is -4.57. The molecule has 2 aromatic heterocycles. The van der Waals surface area contributed by atoms with Crippen LogP contribution < -0.4 is 14.8 Å². The molecule has 1 N–H and O–H groups in total. The third kappa shape index (κ3) is 6.14. The second-order valence-electron chi connectivity index (χ2n) is 8.02. The summed E-state index contributed by atoms with van der Waals surface area (Å²) in [4.78, 5) is 17.4. The summed E-state index contributed by atoms with van der Waals surface area (Å²) < 4.78 is 57.8. The van der Waals surface area contributed by atoms with Gasteiger partial charge in [0.15, 0.2) is 0 Å². The minimum absolute atomic E-state index is 0.0998. The zero-order chi connectivity index (χ0) is 25.7. The Kier molecular flexibility index (Phi) is 7.44. The summed E-state index contributed by atoms with van der Waals surface area (Å²) in [5.41, 5.74) is 1.79. The Morgan fingerprint density at radius 2 is 1.86 bits per heavy atom. The molecule has 4 aromatic rings. The van der Waals surface area contributed by atoms with Gasteiger partial charge in [-0.05, 0) is 55.0 Å². The molecule has 188 valence electrons. The van der Waals surface area contributed by atoms with Gasteiger partial charge in [0.1, 0.15) is 30.4 Å². The van der Waals surface area contributed by atoms with Crippen LogP contribution in [0.2, 0.25) is 0 Å². The van der Waals surface area contributed by atoms with Crippen molar-refractivity contribution in [2.24, 2.45) is 0 Å². The van der Waals surface area contributed by atoms with E-state index in [1.54, 1.807) is 12.1 Å². The number of imidazole rings is 1. The number of rotatable bonds is 9. The first kappa shape index (κ1) is 25.1. The highest BCUT2D eigenvalue weighted by Crippen LogP contribution is 2.35. The second-order valence-corrected chi connectivity index (χ2v) is 8.02. The smallest absolute Gasteiger partial charge is 0.416 e. The number of aromatic nitrogens is 2. The number of benzene rings is 2. The molecule has 4 rings (SSSR count). The van der Waals surface area contributed by atoms with Crippen molar-refractivity contribution in [2.75, 3.05) is 25.6 Å². The number of hydrogen-bond acceptors (Lipinski definition) is 5. The number of nitrogens with one attached hydrogen (secondary N) is 1. The van der Waals surface area contributed by atoms with E-state index in [9.17, 15) is 18.0 Å². The first-order valence-corrected chi connectivity index (χ1v) is 11.0. The monoisotopic (exact) mass is 499 g/mol. The number of methoxy groups -OCH3 is 1. The van der Waals surface area contributed by atoms with Crippen molar-refractivity contribution in [3.63, 3.8) is 0 Å². The molecule has 0 bridgehead atoms. The molecule has 0 saturated heterocycles. The summed E-state index contributed by atoms with van der Waals surface area (Å²) in [5.74, 6) is -0.0982. The van der Waals surface area contributed by atoms with Crippen LogP contribution in [0.15, 0.2) is 67.0 Å². The van der Waals surface area contributed by atoms with E-state index in [1.807, 2.05) is 35.9 Å². The van der Waals surface area contributed by atoms with Crippen molar-refractivity contribution in [2.45, 2.75) is 19.7 Å². The standard InChI is InChI=1S/C26H24F3N3O4/c1-17-6-9-24-30-20(15-32(24)14-17)16-36-21-5-3-4-18(12-21)25(33)31-22-13-19(26(27,28)29)7-8-23(22)35-11-10-34-2/h3-9,12-15H,10-11,16H2,1-2H3,(H,31,33). The molecule has 0 fully saturated rings. The van der Waals surface area contributed by atoms with Crippen LogP contribution in [0, 0.1) is 6.92 Å². The molecule has 0 saturated carbocycles. The van der Waals surface area contributed by atoms with Crippen molar-refractivity contribution in [3.8, 4) is 11.5 Å². The highest BCUT2D eigenvalue weighted by molar-refractivity contribution is 6.05. The number of pyridine rings is 1. The highest BCUT2D eigenvalue weighted by atomic mass is 19.4. The van der Waals surface area contributed by atoms with Gasteiger partial charge < -0.3 is 23.9 Å². The van der Waals surface area contributed by atoms with Gasteiger partial charge in [0.05, 0.1) is 23.6 Å². The van der Waals surface area contributed by atoms with E-state index in [4.69, 9.17) is 14.2 Å². The molecular formula is C26H24F3N3O4. The molecule has 0 unspecified atom stereocenters. The van der Waals surface area contributed by atoms with Crippen molar-refractivity contribution in [1.82, 2.24) is 9.38 Å². The Morgan fingerprint density at radius 1 is 1.03 bits per heavy atom. The van der Waals surface area contributed by atoms with Crippen molar-refractivity contribution < 1.29 is 32.2 Å². The zero-order valence-electron chi connectivity index (χ0n) is 19.6. The van der Waals surface area contributed by atoms with Crippen LogP contribution in [0.4, 0.5) is 18.9 Å². The minimum Gasteiger partial charge on any atom is -0.489 e. The number of carbonyl (C=O) groups is 1. The van der Waals surface area contributed by atoms with Crippen molar-refractivity contribution in [1.29, 1.82) is 0 Å². The lowest BCUT2D eigenvalue weighted by Crippen LogP contribution is -2.15. The van der Waals surface area contributed by atoms with E-state index in [1.165, 1.54) is 25.3 Å². The number of halogens is 3. The topological polar surface area (TPSA) is 74.1 Å². The van der Waals surface area contributed by atoms with Gasteiger partial charge in [0, 0.05) is 25.1 Å². The molecule has 7 nitrogen and oxygen atoms in total. The summed E-state index contributed by atoms with van der Waals surface area (Å²) in [6, 6.07) is 13.1. The van der Waals surface area contributed by atoms with Crippen LogP contribution in [-0.4, -0.2) is 35.6 Å². The van der Waals surface area contributed by atoms with Crippen LogP contribution in [0.25, 0.3) is 5.65 Å². The number of carbonyl (C=O) groups excluding carboxylic acids is 1. The molecule has 36 heavy (non-hydrogen) atoms. The van der Waals surface area contributed by atoms with E-state index in [2.05, 4.69) is 10.3 Å². The summed E-state index contributed by atoms with van der Waals surface area (Å²) >= 11 is 0. The Labute approximate surface area is 205 Å². The highest BCUT2D eigenvalue weighted by Gasteiger charge is 2.31. The van der Waals surface area contributed by atoms with Gasteiger partial charge in [-0.1, -0.05) is 12.1 Å². The summed E-state index contributed by atoms with van der Waals surface area (Å²) in [6.45, 7) is 2.51. The largest absolute Gasteiger partial charge is 0.489 e. The first-order chi connectivity index (χ1) is 17.2. The lowest BCUT2D eigenvalue weighted by molar-refractivity contribution is -0.137. The molecule has 0 aliphatic rings. The molecule has 2 heterocycles. The third-order valence-corrected chi connectivity index (χ3v) is 5.23. The first-order valence-electron chi connectivity index (χ1n) is 11.0. The quantitative estimate of drug-likeness (QED) is 0.307. The Morgan fingerprint density at radius 3 is 2.64 bits per heavy atom. The zero-order valence-corrected chi connectivity index (χ0v) is 19.6. The average molecular weight is 499 g/mol. The normalized spacial score (nSPS) is 11.5. The molecule has 0 spiro atoms. The number of ether oxygens (including phenoxy) is 3. The van der Waals surface area contributed by atoms with Gasteiger partial charge in [0.2, 0.25) is 0 Å². The van der Waals surface area contributed by atoms with Gasteiger partial charge in [-0.2, -0.15) is 13.2 Å². The number of nitrogens with zero attached hydrogens (tertiary/aromatic N) is 2. The molecule has 0 aliphatic heterocycles. The van der Waals surface area contributed by atoms with E-state index in [0.29, 0.717) is 11.4 Å². The number of amides is 1. The van der Waals surface area contributed by atoms with Crippen molar-refractivity contribution in [3.05, 3.63) is 89.4 Å². The third-order valence-electron chi connectivity index (χ3n) is 5.23.